The van der Waals surface area contributed by atoms with Gasteiger partial charge in [0.15, 0.2) is 5.96 Å². The average molecular weight is 498 g/mol. The average Bonchev–Trinajstić information content (AvgIpc) is 3.34. The molecule has 0 bridgehead atoms. The number of thiophene rings is 1. The van der Waals surface area contributed by atoms with E-state index in [1.165, 1.54) is 4.88 Å². The van der Waals surface area contributed by atoms with Gasteiger partial charge in [-0.2, -0.15) is 0 Å². The number of benzene rings is 1. The van der Waals surface area contributed by atoms with Crippen molar-refractivity contribution >= 4 is 52.9 Å². The summed E-state index contributed by atoms with van der Waals surface area (Å²) in [6.45, 7) is 1.26. The zero-order chi connectivity index (χ0) is 18.2. The summed E-state index contributed by atoms with van der Waals surface area (Å²) in [5.74, 6) is 0.750. The lowest BCUT2D eigenvalue weighted by molar-refractivity contribution is -0.119. The molecule has 0 unspecified atom stereocenters. The number of nitrogens with zero attached hydrogens (tertiary/aromatic N) is 1. The predicted octanol–water partition coefficient (Wildman–Crippen LogP) is 4.14. The van der Waals surface area contributed by atoms with Gasteiger partial charge in [0, 0.05) is 23.0 Å². The fraction of sp³-hybridized carbons (Fsp3) is 0.400. The maximum atomic E-state index is 12.2. The minimum absolute atomic E-state index is 0. The van der Waals surface area contributed by atoms with Crippen LogP contribution in [-0.2, 0) is 17.8 Å². The molecule has 0 saturated heterocycles. The third-order valence-electron chi connectivity index (χ3n) is 4.61. The van der Waals surface area contributed by atoms with Gasteiger partial charge in [0.05, 0.1) is 6.54 Å². The summed E-state index contributed by atoms with van der Waals surface area (Å²) >= 11 is 1.74. The van der Waals surface area contributed by atoms with E-state index in [0.29, 0.717) is 12.5 Å². The Balaban J connectivity index is 0.00000261. The van der Waals surface area contributed by atoms with Crippen LogP contribution in [0.3, 0.4) is 0 Å². The molecular weight excluding hydrogens is 471 g/mol. The zero-order valence-electron chi connectivity index (χ0n) is 15.3. The number of nitrogens with two attached hydrogens (primary N) is 1. The molecule has 1 amide bonds. The Bertz CT molecular complexity index is 742. The van der Waals surface area contributed by atoms with Crippen LogP contribution in [-0.4, -0.2) is 18.4 Å². The number of hydrogen-bond donors (Lipinski definition) is 3. The maximum Gasteiger partial charge on any atom is 0.227 e. The van der Waals surface area contributed by atoms with Crippen LogP contribution in [0, 0.1) is 5.92 Å². The summed E-state index contributed by atoms with van der Waals surface area (Å²) in [5, 5.41) is 8.24. The molecule has 2 aromatic rings. The molecule has 1 aliphatic rings. The first-order valence-corrected chi connectivity index (χ1v) is 10.0. The van der Waals surface area contributed by atoms with Crippen LogP contribution in [0.2, 0.25) is 0 Å². The molecule has 1 aromatic heterocycles. The first-order chi connectivity index (χ1) is 12.7. The second kappa shape index (κ2) is 11.3. The fourth-order valence-electron chi connectivity index (χ4n) is 3.18. The van der Waals surface area contributed by atoms with E-state index < -0.39 is 0 Å². The number of guanidine groups is 1. The van der Waals surface area contributed by atoms with E-state index in [4.69, 9.17) is 5.73 Å². The lowest BCUT2D eigenvalue weighted by Crippen LogP contribution is -2.33. The molecule has 1 heterocycles. The highest BCUT2D eigenvalue weighted by atomic mass is 127. The highest BCUT2D eigenvalue weighted by Crippen LogP contribution is 2.26. The van der Waals surface area contributed by atoms with Crippen molar-refractivity contribution in [3.63, 3.8) is 0 Å². The molecule has 1 aliphatic carbocycles. The maximum absolute atomic E-state index is 12.2. The molecule has 7 heteroatoms. The molecular formula is C20H27IN4OS. The SMILES string of the molecule is I.NC(=NCc1cccc(NC(=O)C2CCCC2)c1)NCCc1cccs1. The largest absolute Gasteiger partial charge is 0.370 e. The Kier molecular flexibility index (Phi) is 9.06. The number of anilines is 1. The molecule has 1 fully saturated rings. The second-order valence-corrected chi connectivity index (χ2v) is 7.66. The second-order valence-electron chi connectivity index (χ2n) is 6.63. The van der Waals surface area contributed by atoms with Crippen LogP contribution in [0.15, 0.2) is 46.8 Å². The Hall–Kier alpha value is -1.61. The molecule has 0 radical (unpaired) electrons. The van der Waals surface area contributed by atoms with Crippen molar-refractivity contribution in [2.45, 2.75) is 38.6 Å². The summed E-state index contributed by atoms with van der Waals surface area (Å²) in [5.41, 5.74) is 7.79. The van der Waals surface area contributed by atoms with Gasteiger partial charge in [-0.3, -0.25) is 4.79 Å². The van der Waals surface area contributed by atoms with Crippen molar-refractivity contribution < 1.29 is 4.79 Å². The third kappa shape index (κ3) is 7.14. The van der Waals surface area contributed by atoms with E-state index in [-0.39, 0.29) is 35.8 Å². The fourth-order valence-corrected chi connectivity index (χ4v) is 3.89. The number of halogens is 1. The number of aliphatic imine (C=N–C) groups is 1. The van der Waals surface area contributed by atoms with Crippen LogP contribution < -0.4 is 16.4 Å². The van der Waals surface area contributed by atoms with Crippen LogP contribution >= 0.6 is 35.3 Å². The smallest absolute Gasteiger partial charge is 0.227 e. The van der Waals surface area contributed by atoms with Crippen LogP contribution in [0.25, 0.3) is 0 Å². The molecule has 0 spiro atoms. The Morgan fingerprint density at radius 2 is 2.04 bits per heavy atom. The van der Waals surface area contributed by atoms with Gasteiger partial charge in [-0.15, -0.1) is 35.3 Å². The third-order valence-corrected chi connectivity index (χ3v) is 5.55. The lowest BCUT2D eigenvalue weighted by atomic mass is 10.1. The number of carbonyl (C=O) groups is 1. The number of rotatable bonds is 7. The minimum atomic E-state index is 0. The van der Waals surface area contributed by atoms with Crippen LogP contribution in [0.5, 0.6) is 0 Å². The number of hydrogen-bond acceptors (Lipinski definition) is 3. The van der Waals surface area contributed by atoms with Gasteiger partial charge in [-0.25, -0.2) is 4.99 Å². The molecule has 0 atom stereocenters. The van der Waals surface area contributed by atoms with Crippen molar-refractivity contribution in [1.29, 1.82) is 0 Å². The molecule has 3 rings (SSSR count). The van der Waals surface area contributed by atoms with Crippen molar-refractivity contribution in [1.82, 2.24) is 5.32 Å². The highest BCUT2D eigenvalue weighted by molar-refractivity contribution is 14.0. The van der Waals surface area contributed by atoms with E-state index in [1.807, 2.05) is 24.3 Å². The van der Waals surface area contributed by atoms with E-state index in [0.717, 1.165) is 49.9 Å². The van der Waals surface area contributed by atoms with Crippen molar-refractivity contribution in [2.75, 3.05) is 11.9 Å². The number of nitrogens with one attached hydrogen (secondary N) is 2. The van der Waals surface area contributed by atoms with Gasteiger partial charge in [-0.1, -0.05) is 31.0 Å². The van der Waals surface area contributed by atoms with Crippen molar-refractivity contribution in [2.24, 2.45) is 16.6 Å². The van der Waals surface area contributed by atoms with Gasteiger partial charge in [0.2, 0.25) is 5.91 Å². The molecule has 4 N–H and O–H groups in total. The standard InChI is InChI=1S/C20H26N4OS.HI/c21-20(22-11-10-18-9-4-12-26-18)23-14-15-5-3-8-17(13-15)24-19(25)16-6-1-2-7-16;/h3-5,8-9,12-13,16H,1-2,6-7,10-11,14H2,(H,24,25)(H3,21,22,23);1H. The van der Waals surface area contributed by atoms with Crippen molar-refractivity contribution in [3.8, 4) is 0 Å². The zero-order valence-corrected chi connectivity index (χ0v) is 18.5. The van der Waals surface area contributed by atoms with Crippen LogP contribution in [0.1, 0.15) is 36.1 Å². The number of amides is 1. The van der Waals surface area contributed by atoms with E-state index in [1.54, 1.807) is 11.3 Å². The Morgan fingerprint density at radius 3 is 2.78 bits per heavy atom. The summed E-state index contributed by atoms with van der Waals surface area (Å²) in [6.07, 6.45) is 5.26. The van der Waals surface area contributed by atoms with Crippen molar-refractivity contribution in [3.05, 3.63) is 52.2 Å². The van der Waals surface area contributed by atoms with Crippen LogP contribution in [0.4, 0.5) is 5.69 Å². The minimum Gasteiger partial charge on any atom is -0.370 e. The highest BCUT2D eigenvalue weighted by Gasteiger charge is 2.22. The normalized spacial score (nSPS) is 14.6. The quantitative estimate of drug-likeness (QED) is 0.305. The van der Waals surface area contributed by atoms with Gasteiger partial charge >= 0.3 is 0 Å². The topological polar surface area (TPSA) is 79.5 Å². The summed E-state index contributed by atoms with van der Waals surface area (Å²) in [6, 6.07) is 12.0. The van der Waals surface area contributed by atoms with Gasteiger partial charge in [-0.05, 0) is 48.4 Å². The van der Waals surface area contributed by atoms with E-state index >= 15 is 0 Å². The lowest BCUT2D eigenvalue weighted by Gasteiger charge is -2.11. The summed E-state index contributed by atoms with van der Waals surface area (Å²) in [4.78, 5) is 18.0. The Morgan fingerprint density at radius 1 is 1.22 bits per heavy atom. The van der Waals surface area contributed by atoms with Gasteiger partial charge in [0.1, 0.15) is 0 Å². The first kappa shape index (κ1) is 21.7. The first-order valence-electron chi connectivity index (χ1n) is 9.17. The summed E-state index contributed by atoms with van der Waals surface area (Å²) in [7, 11) is 0. The molecule has 0 aliphatic heterocycles. The molecule has 146 valence electrons. The van der Waals surface area contributed by atoms with Gasteiger partial charge < -0.3 is 16.4 Å². The number of carbonyl (C=O) groups excluding carboxylic acids is 1. The molecule has 1 saturated carbocycles. The predicted molar refractivity (Wildman–Crippen MR) is 124 cm³/mol. The Labute approximate surface area is 181 Å². The van der Waals surface area contributed by atoms with E-state index in [2.05, 4.69) is 33.1 Å². The molecule has 27 heavy (non-hydrogen) atoms. The monoisotopic (exact) mass is 498 g/mol. The summed E-state index contributed by atoms with van der Waals surface area (Å²) < 4.78 is 0. The van der Waals surface area contributed by atoms with E-state index in [9.17, 15) is 4.79 Å². The molecule has 1 aromatic carbocycles. The van der Waals surface area contributed by atoms with Gasteiger partial charge in [0.25, 0.3) is 0 Å². The molecule has 5 nitrogen and oxygen atoms in total.